The van der Waals surface area contributed by atoms with Crippen LogP contribution in [0.15, 0.2) is 48.8 Å². The van der Waals surface area contributed by atoms with E-state index in [1.165, 1.54) is 6.42 Å². The maximum absolute atomic E-state index is 4.35. The quantitative estimate of drug-likeness (QED) is 0.788. The van der Waals surface area contributed by atoms with Gasteiger partial charge in [0.25, 0.3) is 0 Å². The topological polar surface area (TPSA) is 29.9 Å². The van der Waals surface area contributed by atoms with E-state index >= 15 is 0 Å². The molecule has 0 fully saturated rings. The molecule has 3 nitrogen and oxygen atoms in total. The summed E-state index contributed by atoms with van der Waals surface area (Å²) >= 11 is 0. The Hall–Kier alpha value is -1.87. The molecule has 0 saturated carbocycles. The van der Waals surface area contributed by atoms with Gasteiger partial charge in [-0.2, -0.15) is 5.10 Å². The van der Waals surface area contributed by atoms with Crippen LogP contribution in [-0.4, -0.2) is 22.9 Å². The van der Waals surface area contributed by atoms with Crippen molar-refractivity contribution in [1.82, 2.24) is 15.1 Å². The molecule has 3 heteroatoms. The summed E-state index contributed by atoms with van der Waals surface area (Å²) in [6.07, 6.45) is 9.30. The van der Waals surface area contributed by atoms with Crippen molar-refractivity contribution >= 4 is 6.08 Å². The molecule has 0 aliphatic rings. The second kappa shape index (κ2) is 6.77. The SMILES string of the molecule is CCCNCC=Cc1cnn(-c2ccccc2)c1. The average molecular weight is 241 g/mol. The lowest BCUT2D eigenvalue weighted by Crippen LogP contribution is -2.13. The fraction of sp³-hybridized carbons (Fsp3) is 0.267. The Morgan fingerprint density at radius 3 is 2.89 bits per heavy atom. The van der Waals surface area contributed by atoms with Gasteiger partial charge in [0, 0.05) is 18.3 Å². The van der Waals surface area contributed by atoms with Gasteiger partial charge in [-0.3, -0.25) is 0 Å². The first-order chi connectivity index (χ1) is 8.90. The van der Waals surface area contributed by atoms with Gasteiger partial charge in [0.2, 0.25) is 0 Å². The van der Waals surface area contributed by atoms with Crippen LogP contribution in [0.25, 0.3) is 11.8 Å². The highest BCUT2D eigenvalue weighted by Crippen LogP contribution is 2.08. The van der Waals surface area contributed by atoms with Gasteiger partial charge >= 0.3 is 0 Å². The maximum atomic E-state index is 4.35. The second-order valence-electron chi connectivity index (χ2n) is 4.16. The zero-order valence-electron chi connectivity index (χ0n) is 10.7. The number of para-hydroxylation sites is 1. The second-order valence-corrected chi connectivity index (χ2v) is 4.16. The fourth-order valence-corrected chi connectivity index (χ4v) is 1.70. The summed E-state index contributed by atoms with van der Waals surface area (Å²) < 4.78 is 1.89. The van der Waals surface area contributed by atoms with Gasteiger partial charge in [-0.05, 0) is 25.1 Å². The van der Waals surface area contributed by atoms with E-state index in [9.17, 15) is 0 Å². The maximum Gasteiger partial charge on any atom is 0.0645 e. The van der Waals surface area contributed by atoms with Crippen LogP contribution in [0.4, 0.5) is 0 Å². The van der Waals surface area contributed by atoms with Gasteiger partial charge in [0.05, 0.1) is 11.9 Å². The third kappa shape index (κ3) is 3.57. The smallest absolute Gasteiger partial charge is 0.0645 e. The van der Waals surface area contributed by atoms with Crippen molar-refractivity contribution in [3.8, 4) is 5.69 Å². The van der Waals surface area contributed by atoms with Crippen molar-refractivity contribution in [3.05, 3.63) is 54.4 Å². The molecule has 0 amide bonds. The van der Waals surface area contributed by atoms with Gasteiger partial charge in [-0.15, -0.1) is 0 Å². The van der Waals surface area contributed by atoms with Gasteiger partial charge in [-0.1, -0.05) is 37.3 Å². The molecule has 0 spiro atoms. The first kappa shape index (κ1) is 12.6. The molecule has 0 bridgehead atoms. The first-order valence-electron chi connectivity index (χ1n) is 6.37. The largest absolute Gasteiger partial charge is 0.313 e. The monoisotopic (exact) mass is 241 g/mol. The fourth-order valence-electron chi connectivity index (χ4n) is 1.70. The highest BCUT2D eigenvalue weighted by molar-refractivity contribution is 5.48. The molecule has 1 N–H and O–H groups in total. The molecule has 0 unspecified atom stereocenters. The zero-order chi connectivity index (χ0) is 12.6. The molecule has 0 aliphatic carbocycles. The van der Waals surface area contributed by atoms with Gasteiger partial charge in [0.1, 0.15) is 0 Å². The van der Waals surface area contributed by atoms with Crippen molar-refractivity contribution in [2.75, 3.05) is 13.1 Å². The standard InChI is InChI=1S/C15H19N3/c1-2-10-16-11-6-7-14-12-17-18(13-14)15-8-4-3-5-9-15/h3-9,12-13,16H,2,10-11H2,1H3. The number of hydrogen-bond donors (Lipinski definition) is 1. The summed E-state index contributed by atoms with van der Waals surface area (Å²) in [6.45, 7) is 4.14. The van der Waals surface area contributed by atoms with E-state index in [4.69, 9.17) is 0 Å². The van der Waals surface area contributed by atoms with E-state index in [0.29, 0.717) is 0 Å². The van der Waals surface area contributed by atoms with Gasteiger partial charge in [-0.25, -0.2) is 4.68 Å². The Labute approximate surface area is 108 Å². The summed E-state index contributed by atoms with van der Waals surface area (Å²) in [7, 11) is 0. The normalized spacial score (nSPS) is 11.2. The number of nitrogens with zero attached hydrogens (tertiary/aromatic N) is 2. The lowest BCUT2D eigenvalue weighted by atomic mass is 10.3. The third-order valence-corrected chi connectivity index (χ3v) is 2.62. The molecule has 1 aromatic heterocycles. The van der Waals surface area contributed by atoms with E-state index in [2.05, 4.69) is 29.5 Å². The Morgan fingerprint density at radius 1 is 1.28 bits per heavy atom. The van der Waals surface area contributed by atoms with Crippen LogP contribution in [0, 0.1) is 0 Å². The minimum Gasteiger partial charge on any atom is -0.313 e. The van der Waals surface area contributed by atoms with E-state index in [-0.39, 0.29) is 0 Å². The molecule has 2 rings (SSSR count). The van der Waals surface area contributed by atoms with Crippen LogP contribution in [0.5, 0.6) is 0 Å². The Bertz CT molecular complexity index is 485. The van der Waals surface area contributed by atoms with Crippen LogP contribution < -0.4 is 5.32 Å². The number of nitrogens with one attached hydrogen (secondary N) is 1. The predicted molar refractivity (Wildman–Crippen MR) is 75.8 cm³/mol. The van der Waals surface area contributed by atoms with E-state index in [0.717, 1.165) is 24.3 Å². The molecule has 1 heterocycles. The summed E-state index contributed by atoms with van der Waals surface area (Å²) in [5.74, 6) is 0. The third-order valence-electron chi connectivity index (χ3n) is 2.62. The number of hydrogen-bond acceptors (Lipinski definition) is 2. The van der Waals surface area contributed by atoms with Crippen molar-refractivity contribution in [2.45, 2.75) is 13.3 Å². The molecule has 0 radical (unpaired) electrons. The molecule has 0 saturated heterocycles. The minimum absolute atomic E-state index is 0.907. The Morgan fingerprint density at radius 2 is 2.11 bits per heavy atom. The summed E-state index contributed by atoms with van der Waals surface area (Å²) in [5.41, 5.74) is 2.21. The number of benzene rings is 1. The van der Waals surface area contributed by atoms with Crippen LogP contribution in [0.3, 0.4) is 0 Å². The lowest BCUT2D eigenvalue weighted by molar-refractivity contribution is 0.730. The minimum atomic E-state index is 0.907. The summed E-state index contributed by atoms with van der Waals surface area (Å²) in [4.78, 5) is 0. The molecule has 2 aromatic rings. The van der Waals surface area contributed by atoms with E-state index < -0.39 is 0 Å². The highest BCUT2D eigenvalue weighted by Gasteiger charge is 1.96. The number of rotatable bonds is 6. The lowest BCUT2D eigenvalue weighted by Gasteiger charge is -1.98. The van der Waals surface area contributed by atoms with E-state index in [1.54, 1.807) is 0 Å². The van der Waals surface area contributed by atoms with Gasteiger partial charge < -0.3 is 5.32 Å². The molecule has 18 heavy (non-hydrogen) atoms. The van der Waals surface area contributed by atoms with Crippen molar-refractivity contribution < 1.29 is 0 Å². The zero-order valence-corrected chi connectivity index (χ0v) is 10.7. The molecular weight excluding hydrogens is 222 g/mol. The predicted octanol–water partition coefficient (Wildman–Crippen LogP) is 2.89. The van der Waals surface area contributed by atoms with Crippen LogP contribution in [0.1, 0.15) is 18.9 Å². The summed E-state index contributed by atoms with van der Waals surface area (Å²) in [5, 5.41) is 7.68. The first-order valence-corrected chi connectivity index (χ1v) is 6.37. The molecule has 0 atom stereocenters. The van der Waals surface area contributed by atoms with Crippen LogP contribution in [0.2, 0.25) is 0 Å². The van der Waals surface area contributed by atoms with Crippen molar-refractivity contribution in [1.29, 1.82) is 0 Å². The molecule has 0 aliphatic heterocycles. The summed E-state index contributed by atoms with van der Waals surface area (Å²) in [6, 6.07) is 10.1. The molecular formula is C15H19N3. The molecule has 94 valence electrons. The van der Waals surface area contributed by atoms with Crippen molar-refractivity contribution in [3.63, 3.8) is 0 Å². The van der Waals surface area contributed by atoms with Gasteiger partial charge in [0.15, 0.2) is 0 Å². The van der Waals surface area contributed by atoms with Crippen molar-refractivity contribution in [2.24, 2.45) is 0 Å². The highest BCUT2D eigenvalue weighted by atomic mass is 15.3. The Kier molecular flexibility index (Phi) is 4.73. The van der Waals surface area contributed by atoms with Crippen LogP contribution >= 0.6 is 0 Å². The van der Waals surface area contributed by atoms with Crippen LogP contribution in [-0.2, 0) is 0 Å². The average Bonchev–Trinajstić information content (AvgIpc) is 2.88. The van der Waals surface area contributed by atoms with E-state index in [1.807, 2.05) is 47.4 Å². The molecule has 1 aromatic carbocycles. The Balaban J connectivity index is 1.94. The number of aromatic nitrogens is 2.